The van der Waals surface area contributed by atoms with E-state index in [0.29, 0.717) is 16.8 Å². The highest BCUT2D eigenvalue weighted by atomic mass is 19.1. The largest absolute Gasteiger partial charge is 0.494 e. The SMILES string of the molecule is COc1ccc(CNC(=O)Cc2ccc(NC(=O)c3cc4ccccc4o3)cc2)cc1F. The molecule has 1 aromatic heterocycles. The molecule has 4 aromatic rings. The van der Waals surface area contributed by atoms with E-state index in [1.807, 2.05) is 18.2 Å². The number of carbonyl (C=O) groups excluding carboxylic acids is 2. The fraction of sp³-hybridized carbons (Fsp3) is 0.120. The van der Waals surface area contributed by atoms with Crippen molar-refractivity contribution in [1.82, 2.24) is 5.32 Å². The molecule has 7 heteroatoms. The lowest BCUT2D eigenvalue weighted by atomic mass is 10.1. The van der Waals surface area contributed by atoms with Crippen molar-refractivity contribution in [3.05, 3.63) is 95.5 Å². The first-order chi connectivity index (χ1) is 15.5. The highest BCUT2D eigenvalue weighted by Gasteiger charge is 2.12. The zero-order valence-electron chi connectivity index (χ0n) is 17.4. The van der Waals surface area contributed by atoms with Crippen LogP contribution in [0.3, 0.4) is 0 Å². The predicted molar refractivity (Wildman–Crippen MR) is 119 cm³/mol. The summed E-state index contributed by atoms with van der Waals surface area (Å²) in [5, 5.41) is 6.40. The quantitative estimate of drug-likeness (QED) is 0.444. The van der Waals surface area contributed by atoms with E-state index in [4.69, 9.17) is 9.15 Å². The van der Waals surface area contributed by atoms with Crippen LogP contribution >= 0.6 is 0 Å². The van der Waals surface area contributed by atoms with Gasteiger partial charge in [-0.15, -0.1) is 0 Å². The molecule has 0 bridgehead atoms. The molecule has 2 amide bonds. The maximum atomic E-state index is 13.7. The summed E-state index contributed by atoms with van der Waals surface area (Å²) in [5.74, 6) is -0.629. The molecular formula is C25H21FN2O4. The van der Waals surface area contributed by atoms with Crippen LogP contribution in [0, 0.1) is 5.82 Å². The van der Waals surface area contributed by atoms with Crippen molar-refractivity contribution in [2.75, 3.05) is 12.4 Å². The fourth-order valence-corrected chi connectivity index (χ4v) is 3.26. The Hall–Kier alpha value is -4.13. The summed E-state index contributed by atoms with van der Waals surface area (Å²) >= 11 is 0. The number of benzene rings is 3. The number of ether oxygens (including phenoxy) is 1. The van der Waals surface area contributed by atoms with Crippen molar-refractivity contribution in [2.24, 2.45) is 0 Å². The van der Waals surface area contributed by atoms with Gasteiger partial charge in [-0.25, -0.2) is 4.39 Å². The van der Waals surface area contributed by atoms with E-state index in [2.05, 4.69) is 10.6 Å². The zero-order valence-corrected chi connectivity index (χ0v) is 17.4. The first-order valence-corrected chi connectivity index (χ1v) is 10.00. The molecule has 1 heterocycles. The van der Waals surface area contributed by atoms with Crippen LogP contribution in [0.15, 0.2) is 77.2 Å². The standard InChI is InChI=1S/C25H21FN2O4/c1-31-22-11-8-17(12-20(22)26)15-27-24(29)13-16-6-9-19(10-7-16)28-25(30)23-14-18-4-2-3-5-21(18)32-23/h2-12,14H,13,15H2,1H3,(H,27,29)(H,28,30). The number of fused-ring (bicyclic) bond motifs is 1. The summed E-state index contributed by atoms with van der Waals surface area (Å²) < 4.78 is 24.2. The molecule has 0 aliphatic rings. The van der Waals surface area contributed by atoms with Crippen LogP contribution in [0.25, 0.3) is 11.0 Å². The van der Waals surface area contributed by atoms with E-state index in [1.54, 1.807) is 42.5 Å². The van der Waals surface area contributed by atoms with Crippen LogP contribution in [0.1, 0.15) is 21.7 Å². The van der Waals surface area contributed by atoms with Gasteiger partial charge in [0.1, 0.15) is 5.58 Å². The number of para-hydroxylation sites is 1. The predicted octanol–water partition coefficient (Wildman–Crippen LogP) is 4.69. The summed E-state index contributed by atoms with van der Waals surface area (Å²) in [4.78, 5) is 24.6. The Bertz CT molecular complexity index is 1230. The van der Waals surface area contributed by atoms with Crippen molar-refractivity contribution < 1.29 is 23.1 Å². The van der Waals surface area contributed by atoms with Gasteiger partial charge in [0.25, 0.3) is 5.91 Å². The molecule has 0 spiro atoms. The normalized spacial score (nSPS) is 10.7. The maximum Gasteiger partial charge on any atom is 0.291 e. The smallest absolute Gasteiger partial charge is 0.291 e. The number of methoxy groups -OCH3 is 1. The van der Waals surface area contributed by atoms with Crippen molar-refractivity contribution >= 4 is 28.5 Å². The Kier molecular flexibility index (Phi) is 6.17. The number of hydrogen-bond donors (Lipinski definition) is 2. The molecule has 2 N–H and O–H groups in total. The molecule has 0 saturated heterocycles. The van der Waals surface area contributed by atoms with Gasteiger partial charge in [-0.2, -0.15) is 0 Å². The first kappa shape index (κ1) is 21.1. The maximum absolute atomic E-state index is 13.7. The van der Waals surface area contributed by atoms with Gasteiger partial charge in [0.15, 0.2) is 17.3 Å². The Balaban J connectivity index is 1.30. The van der Waals surface area contributed by atoms with Gasteiger partial charge in [0.2, 0.25) is 5.91 Å². The van der Waals surface area contributed by atoms with Crippen molar-refractivity contribution in [3.63, 3.8) is 0 Å². The summed E-state index contributed by atoms with van der Waals surface area (Å²) in [6.07, 6.45) is 0.163. The summed E-state index contributed by atoms with van der Waals surface area (Å²) in [6, 6.07) is 20.6. The molecule has 0 unspecified atom stereocenters. The topological polar surface area (TPSA) is 80.6 Å². The number of amides is 2. The first-order valence-electron chi connectivity index (χ1n) is 10.00. The van der Waals surface area contributed by atoms with Gasteiger partial charge in [-0.05, 0) is 47.5 Å². The molecule has 162 valence electrons. The van der Waals surface area contributed by atoms with Crippen LogP contribution in [-0.2, 0) is 17.8 Å². The number of anilines is 1. The lowest BCUT2D eigenvalue weighted by Gasteiger charge is -2.08. The molecular weight excluding hydrogens is 411 g/mol. The molecule has 0 fully saturated rings. The minimum absolute atomic E-state index is 0.160. The molecule has 0 saturated carbocycles. The third-order valence-corrected chi connectivity index (χ3v) is 4.93. The Morgan fingerprint density at radius 1 is 0.969 bits per heavy atom. The monoisotopic (exact) mass is 432 g/mol. The highest BCUT2D eigenvalue weighted by Crippen LogP contribution is 2.20. The Morgan fingerprint density at radius 2 is 1.72 bits per heavy atom. The molecule has 6 nitrogen and oxygen atoms in total. The number of halogens is 1. The molecule has 0 aliphatic heterocycles. The summed E-state index contributed by atoms with van der Waals surface area (Å²) in [7, 11) is 1.40. The summed E-state index contributed by atoms with van der Waals surface area (Å²) in [6.45, 7) is 0.214. The van der Waals surface area contributed by atoms with E-state index >= 15 is 0 Å². The number of hydrogen-bond acceptors (Lipinski definition) is 4. The second-order valence-electron chi connectivity index (χ2n) is 7.22. The zero-order chi connectivity index (χ0) is 22.5. The van der Waals surface area contributed by atoms with Crippen LogP contribution in [0.5, 0.6) is 5.75 Å². The number of carbonyl (C=O) groups is 2. The van der Waals surface area contributed by atoms with Gasteiger partial charge >= 0.3 is 0 Å². The average molecular weight is 432 g/mol. The summed E-state index contributed by atoms with van der Waals surface area (Å²) in [5.41, 5.74) is 2.66. The van der Waals surface area contributed by atoms with Crippen LogP contribution in [0.4, 0.5) is 10.1 Å². The minimum Gasteiger partial charge on any atom is -0.494 e. The van der Waals surface area contributed by atoms with E-state index in [0.717, 1.165) is 10.9 Å². The molecule has 32 heavy (non-hydrogen) atoms. The minimum atomic E-state index is -0.473. The lowest BCUT2D eigenvalue weighted by Crippen LogP contribution is -2.24. The molecule has 0 aliphatic carbocycles. The average Bonchev–Trinajstić information content (AvgIpc) is 3.24. The third kappa shape index (κ3) is 4.95. The van der Waals surface area contributed by atoms with Crippen LogP contribution < -0.4 is 15.4 Å². The fourth-order valence-electron chi connectivity index (χ4n) is 3.26. The van der Waals surface area contributed by atoms with Crippen molar-refractivity contribution in [3.8, 4) is 5.75 Å². The van der Waals surface area contributed by atoms with Crippen LogP contribution in [-0.4, -0.2) is 18.9 Å². The van der Waals surface area contributed by atoms with Crippen molar-refractivity contribution in [2.45, 2.75) is 13.0 Å². The molecule has 0 atom stereocenters. The van der Waals surface area contributed by atoms with Gasteiger partial charge in [0, 0.05) is 17.6 Å². The van der Waals surface area contributed by atoms with Crippen molar-refractivity contribution in [1.29, 1.82) is 0 Å². The Labute approximate surface area is 184 Å². The molecule has 0 radical (unpaired) electrons. The second kappa shape index (κ2) is 9.34. The van der Waals surface area contributed by atoms with E-state index in [1.165, 1.54) is 19.2 Å². The van der Waals surface area contributed by atoms with Crippen LogP contribution in [0.2, 0.25) is 0 Å². The van der Waals surface area contributed by atoms with Gasteiger partial charge in [-0.3, -0.25) is 9.59 Å². The van der Waals surface area contributed by atoms with E-state index in [9.17, 15) is 14.0 Å². The van der Waals surface area contributed by atoms with Gasteiger partial charge in [-0.1, -0.05) is 36.4 Å². The van der Waals surface area contributed by atoms with E-state index in [-0.39, 0.29) is 36.3 Å². The number of rotatable bonds is 7. The highest BCUT2D eigenvalue weighted by molar-refractivity contribution is 6.04. The van der Waals surface area contributed by atoms with E-state index < -0.39 is 5.82 Å². The number of nitrogens with one attached hydrogen (secondary N) is 2. The number of furan rings is 1. The Morgan fingerprint density at radius 3 is 2.44 bits per heavy atom. The molecule has 3 aromatic carbocycles. The molecule has 4 rings (SSSR count). The second-order valence-corrected chi connectivity index (χ2v) is 7.22. The lowest BCUT2D eigenvalue weighted by molar-refractivity contribution is -0.120. The third-order valence-electron chi connectivity index (χ3n) is 4.93. The van der Waals surface area contributed by atoms with Gasteiger partial charge in [0.05, 0.1) is 13.5 Å². The van der Waals surface area contributed by atoms with Gasteiger partial charge < -0.3 is 19.8 Å².